The van der Waals surface area contributed by atoms with Gasteiger partial charge in [-0.05, 0) is 77.7 Å². The molecule has 0 spiro atoms. The number of aromatic amines is 1. The van der Waals surface area contributed by atoms with Crippen LogP contribution in [-0.2, 0) is 25.9 Å². The van der Waals surface area contributed by atoms with Gasteiger partial charge in [0.2, 0.25) is 0 Å². The van der Waals surface area contributed by atoms with Crippen LogP contribution in [0, 0.1) is 13.8 Å². The highest BCUT2D eigenvalue weighted by molar-refractivity contribution is 5.82. The van der Waals surface area contributed by atoms with Crippen LogP contribution >= 0.6 is 0 Å². The molecule has 0 aliphatic rings. The Bertz CT molecular complexity index is 1580. The first-order valence-corrected chi connectivity index (χ1v) is 13.7. The molecule has 0 fully saturated rings. The minimum Gasteiger partial charge on any atom is -0.321 e. The minimum atomic E-state index is -0.0438. The normalized spacial score (nSPS) is 12.3. The Morgan fingerprint density at radius 3 is 2.31 bits per heavy atom. The van der Waals surface area contributed by atoms with Crippen LogP contribution in [0.2, 0.25) is 0 Å². The maximum atomic E-state index is 13.3. The number of H-pyrrole nitrogens is 1. The first-order chi connectivity index (χ1) is 19.0. The summed E-state index contributed by atoms with van der Waals surface area (Å²) in [5, 5.41) is 14.0. The molecule has 7 heteroatoms. The lowest BCUT2D eigenvalue weighted by atomic mass is 10.0. The molecule has 0 saturated heterocycles. The second-order valence-electron chi connectivity index (χ2n) is 10.3. The monoisotopic (exact) mass is 520 g/mol. The van der Waals surface area contributed by atoms with Gasteiger partial charge >= 0.3 is 0 Å². The standard InChI is InChI=1S/C32H36N6O/c1-4-29(31-34-35-36-38(31)18-16-26-13-9-6-10-14-26)37(17-15-25-11-7-5-8-12-25)22-28-21-27-20-23(2)19-24(3)30(27)33-32(28)39/h5-14,19-21,29H,4,15-18,22H2,1-3H3,(H,33,39)/t29-/m0/s1. The van der Waals surface area contributed by atoms with Gasteiger partial charge in [-0.2, -0.15) is 0 Å². The molecule has 0 saturated carbocycles. The summed E-state index contributed by atoms with van der Waals surface area (Å²) in [5.74, 6) is 0.838. The van der Waals surface area contributed by atoms with Crippen molar-refractivity contribution in [3.05, 3.63) is 123 Å². The molecule has 0 amide bonds. The molecule has 7 nitrogen and oxygen atoms in total. The predicted octanol–water partition coefficient (Wildman–Crippen LogP) is 5.57. The lowest BCUT2D eigenvalue weighted by Crippen LogP contribution is -2.34. The molecular weight excluding hydrogens is 484 g/mol. The Morgan fingerprint density at radius 2 is 1.62 bits per heavy atom. The van der Waals surface area contributed by atoms with Crippen LogP contribution in [0.3, 0.4) is 0 Å². The fourth-order valence-electron chi connectivity index (χ4n) is 5.42. The van der Waals surface area contributed by atoms with E-state index in [9.17, 15) is 4.79 Å². The van der Waals surface area contributed by atoms with Crippen LogP contribution in [0.4, 0.5) is 0 Å². The third-order valence-electron chi connectivity index (χ3n) is 7.41. The zero-order chi connectivity index (χ0) is 27.2. The van der Waals surface area contributed by atoms with Crippen LogP contribution in [0.5, 0.6) is 0 Å². The fourth-order valence-corrected chi connectivity index (χ4v) is 5.42. The predicted molar refractivity (Wildman–Crippen MR) is 156 cm³/mol. The van der Waals surface area contributed by atoms with Gasteiger partial charge in [-0.25, -0.2) is 4.68 Å². The van der Waals surface area contributed by atoms with Crippen LogP contribution < -0.4 is 5.56 Å². The first-order valence-electron chi connectivity index (χ1n) is 13.7. The highest BCUT2D eigenvalue weighted by Gasteiger charge is 2.26. The molecule has 0 aliphatic heterocycles. The summed E-state index contributed by atoms with van der Waals surface area (Å²) in [6.07, 6.45) is 2.54. The van der Waals surface area contributed by atoms with Crippen molar-refractivity contribution in [2.24, 2.45) is 0 Å². The van der Waals surface area contributed by atoms with E-state index < -0.39 is 0 Å². The number of aryl methyl sites for hydroxylation is 4. The molecule has 200 valence electrons. The molecule has 2 heterocycles. The Balaban J connectivity index is 1.46. The largest absolute Gasteiger partial charge is 0.321 e. The van der Waals surface area contributed by atoms with Crippen LogP contribution in [-0.4, -0.2) is 36.6 Å². The number of rotatable bonds is 11. The molecule has 3 aromatic carbocycles. The molecule has 5 aromatic rings. The van der Waals surface area contributed by atoms with Crippen molar-refractivity contribution in [3.8, 4) is 0 Å². The van der Waals surface area contributed by atoms with Gasteiger partial charge in [0.25, 0.3) is 5.56 Å². The van der Waals surface area contributed by atoms with Crippen molar-refractivity contribution in [2.75, 3.05) is 6.54 Å². The number of hydrogen-bond acceptors (Lipinski definition) is 5. The molecule has 1 N–H and O–H groups in total. The van der Waals surface area contributed by atoms with E-state index in [1.54, 1.807) is 0 Å². The molecule has 0 radical (unpaired) electrons. The zero-order valence-electron chi connectivity index (χ0n) is 23.0. The van der Waals surface area contributed by atoms with Gasteiger partial charge in [0, 0.05) is 25.2 Å². The number of pyridine rings is 1. The van der Waals surface area contributed by atoms with E-state index in [-0.39, 0.29) is 11.6 Å². The third kappa shape index (κ3) is 6.32. The highest BCUT2D eigenvalue weighted by Crippen LogP contribution is 2.26. The molecule has 0 bridgehead atoms. The zero-order valence-corrected chi connectivity index (χ0v) is 23.0. The quantitative estimate of drug-likeness (QED) is 0.246. The molecule has 1 atom stereocenters. The van der Waals surface area contributed by atoms with Gasteiger partial charge in [-0.3, -0.25) is 9.69 Å². The van der Waals surface area contributed by atoms with Crippen molar-refractivity contribution in [1.29, 1.82) is 0 Å². The molecule has 39 heavy (non-hydrogen) atoms. The topological polar surface area (TPSA) is 79.7 Å². The van der Waals surface area contributed by atoms with Gasteiger partial charge in [0.05, 0.1) is 11.6 Å². The van der Waals surface area contributed by atoms with Crippen molar-refractivity contribution in [3.63, 3.8) is 0 Å². The van der Waals surface area contributed by atoms with E-state index >= 15 is 0 Å². The number of aromatic nitrogens is 5. The Morgan fingerprint density at radius 1 is 0.923 bits per heavy atom. The summed E-state index contributed by atoms with van der Waals surface area (Å²) >= 11 is 0. The number of tetrazole rings is 1. The average Bonchev–Trinajstić information content (AvgIpc) is 3.41. The van der Waals surface area contributed by atoms with E-state index in [4.69, 9.17) is 0 Å². The Labute approximate surface area is 229 Å². The second-order valence-corrected chi connectivity index (χ2v) is 10.3. The van der Waals surface area contributed by atoms with E-state index in [1.165, 1.54) is 16.7 Å². The summed E-state index contributed by atoms with van der Waals surface area (Å²) in [7, 11) is 0. The van der Waals surface area contributed by atoms with E-state index in [0.29, 0.717) is 13.1 Å². The summed E-state index contributed by atoms with van der Waals surface area (Å²) in [6.45, 7) is 8.27. The average molecular weight is 521 g/mol. The molecule has 2 aromatic heterocycles. The molecule has 0 aliphatic carbocycles. The summed E-state index contributed by atoms with van der Waals surface area (Å²) < 4.78 is 1.92. The van der Waals surface area contributed by atoms with Crippen LogP contribution in [0.1, 0.15) is 53.0 Å². The number of fused-ring (bicyclic) bond motifs is 1. The molecule has 5 rings (SSSR count). The number of hydrogen-bond donors (Lipinski definition) is 1. The van der Waals surface area contributed by atoms with Crippen LogP contribution in [0.25, 0.3) is 10.9 Å². The summed E-state index contributed by atoms with van der Waals surface area (Å²) in [6, 6.07) is 27.1. The number of benzene rings is 3. The smallest absolute Gasteiger partial charge is 0.252 e. The van der Waals surface area contributed by atoms with Gasteiger partial charge in [0.15, 0.2) is 5.82 Å². The van der Waals surface area contributed by atoms with Gasteiger partial charge in [0.1, 0.15) is 0 Å². The fraction of sp³-hybridized carbons (Fsp3) is 0.312. The number of nitrogens with one attached hydrogen (secondary N) is 1. The second kappa shape index (κ2) is 12.2. The Hall–Kier alpha value is -4.10. The van der Waals surface area contributed by atoms with Crippen molar-refractivity contribution < 1.29 is 0 Å². The van der Waals surface area contributed by atoms with E-state index in [0.717, 1.165) is 53.7 Å². The van der Waals surface area contributed by atoms with Gasteiger partial charge < -0.3 is 4.98 Å². The summed E-state index contributed by atoms with van der Waals surface area (Å²) in [4.78, 5) is 18.8. The Kier molecular flexibility index (Phi) is 8.27. The lowest BCUT2D eigenvalue weighted by Gasteiger charge is -2.30. The van der Waals surface area contributed by atoms with Crippen molar-refractivity contribution >= 4 is 10.9 Å². The minimum absolute atomic E-state index is 0.0335. The highest BCUT2D eigenvalue weighted by atomic mass is 16.1. The number of nitrogens with zero attached hydrogens (tertiary/aromatic N) is 5. The lowest BCUT2D eigenvalue weighted by molar-refractivity contribution is 0.171. The maximum Gasteiger partial charge on any atom is 0.252 e. The van der Waals surface area contributed by atoms with Crippen molar-refractivity contribution in [1.82, 2.24) is 30.1 Å². The SMILES string of the molecule is CC[C@@H](c1nnnn1CCc1ccccc1)N(CCc1ccccc1)Cc1cc2cc(C)cc(C)c2[nH]c1=O. The van der Waals surface area contributed by atoms with Gasteiger partial charge in [-0.15, -0.1) is 5.10 Å². The van der Waals surface area contributed by atoms with E-state index in [2.05, 4.69) is 106 Å². The van der Waals surface area contributed by atoms with Crippen LogP contribution in [0.15, 0.2) is 83.7 Å². The maximum absolute atomic E-state index is 13.3. The van der Waals surface area contributed by atoms with Crippen molar-refractivity contribution in [2.45, 2.75) is 59.2 Å². The molecular formula is C32H36N6O. The molecule has 0 unspecified atom stereocenters. The summed E-state index contributed by atoms with van der Waals surface area (Å²) in [5.41, 5.74) is 6.39. The van der Waals surface area contributed by atoms with Gasteiger partial charge in [-0.1, -0.05) is 79.2 Å². The van der Waals surface area contributed by atoms with E-state index in [1.807, 2.05) is 23.7 Å². The first kappa shape index (κ1) is 26.5. The third-order valence-corrected chi connectivity index (χ3v) is 7.41.